The van der Waals surface area contributed by atoms with Crippen LogP contribution in [-0.4, -0.2) is 24.1 Å². The molecule has 82 valence electrons. The fraction of sp³-hybridized carbons (Fsp3) is 0.583. The molecule has 0 saturated heterocycles. The minimum absolute atomic E-state index is 0.827. The second kappa shape index (κ2) is 5.12. The summed E-state index contributed by atoms with van der Waals surface area (Å²) in [5, 5.41) is 6.93. The van der Waals surface area contributed by atoms with E-state index in [2.05, 4.69) is 22.5 Å². The molecule has 1 aliphatic carbocycles. The van der Waals surface area contributed by atoms with Gasteiger partial charge in [0.25, 0.3) is 0 Å². The molecule has 2 rings (SSSR count). The molecule has 0 aliphatic heterocycles. The standard InChI is InChI=1S/C12H19N3/c1-10-9-13-8-5-12(10)15-7-2-6-14-11-3-4-11/h5,8-9,11,14H,2-4,6-7H2,1H3,(H,13,15). The SMILES string of the molecule is Cc1cnccc1NCCCNC1CC1. The van der Waals surface area contributed by atoms with Crippen LogP contribution in [0.25, 0.3) is 0 Å². The molecule has 1 aliphatic rings. The number of nitrogens with zero attached hydrogens (tertiary/aromatic N) is 1. The van der Waals surface area contributed by atoms with Crippen molar-refractivity contribution in [3.05, 3.63) is 24.0 Å². The van der Waals surface area contributed by atoms with Gasteiger partial charge in [-0.15, -0.1) is 0 Å². The number of hydrogen-bond donors (Lipinski definition) is 2. The normalized spacial score (nSPS) is 15.3. The maximum atomic E-state index is 4.07. The first-order valence-corrected chi connectivity index (χ1v) is 5.74. The van der Waals surface area contributed by atoms with E-state index >= 15 is 0 Å². The first-order chi connectivity index (χ1) is 7.36. The van der Waals surface area contributed by atoms with Gasteiger partial charge < -0.3 is 10.6 Å². The van der Waals surface area contributed by atoms with Crippen molar-refractivity contribution < 1.29 is 0 Å². The van der Waals surface area contributed by atoms with Gasteiger partial charge in [0.1, 0.15) is 0 Å². The fourth-order valence-electron chi connectivity index (χ4n) is 1.58. The summed E-state index contributed by atoms with van der Waals surface area (Å²) >= 11 is 0. The number of nitrogens with one attached hydrogen (secondary N) is 2. The molecular weight excluding hydrogens is 186 g/mol. The molecule has 0 aromatic carbocycles. The number of hydrogen-bond acceptors (Lipinski definition) is 3. The number of pyridine rings is 1. The van der Waals surface area contributed by atoms with Gasteiger partial charge in [0, 0.05) is 30.7 Å². The van der Waals surface area contributed by atoms with Crippen molar-refractivity contribution in [2.75, 3.05) is 18.4 Å². The van der Waals surface area contributed by atoms with Crippen LogP contribution >= 0.6 is 0 Å². The molecule has 15 heavy (non-hydrogen) atoms. The van der Waals surface area contributed by atoms with Gasteiger partial charge in [0.2, 0.25) is 0 Å². The zero-order valence-corrected chi connectivity index (χ0v) is 9.29. The Bertz CT molecular complexity index is 307. The molecule has 1 heterocycles. The van der Waals surface area contributed by atoms with Crippen LogP contribution < -0.4 is 10.6 Å². The van der Waals surface area contributed by atoms with Crippen LogP contribution in [0, 0.1) is 6.92 Å². The summed E-state index contributed by atoms with van der Waals surface area (Å²) in [6.45, 7) is 4.24. The quantitative estimate of drug-likeness (QED) is 0.697. The molecule has 0 amide bonds. The third-order valence-corrected chi connectivity index (χ3v) is 2.70. The molecular formula is C12H19N3. The lowest BCUT2D eigenvalue weighted by Crippen LogP contribution is -2.20. The van der Waals surface area contributed by atoms with Crippen molar-refractivity contribution in [3.8, 4) is 0 Å². The van der Waals surface area contributed by atoms with Gasteiger partial charge in [-0.25, -0.2) is 0 Å². The molecule has 0 unspecified atom stereocenters. The largest absolute Gasteiger partial charge is 0.385 e. The summed E-state index contributed by atoms with van der Waals surface area (Å²) in [6.07, 6.45) is 7.65. The third-order valence-electron chi connectivity index (χ3n) is 2.70. The average Bonchev–Trinajstić information content (AvgIpc) is 3.04. The van der Waals surface area contributed by atoms with Gasteiger partial charge in [-0.1, -0.05) is 0 Å². The Morgan fingerprint density at radius 2 is 2.27 bits per heavy atom. The highest BCUT2D eigenvalue weighted by molar-refractivity contribution is 5.48. The molecule has 0 radical (unpaired) electrons. The molecule has 0 bridgehead atoms. The van der Waals surface area contributed by atoms with E-state index in [0.29, 0.717) is 0 Å². The van der Waals surface area contributed by atoms with Gasteiger partial charge in [-0.05, 0) is 44.4 Å². The van der Waals surface area contributed by atoms with Crippen molar-refractivity contribution in [3.63, 3.8) is 0 Å². The second-order valence-electron chi connectivity index (χ2n) is 4.20. The van der Waals surface area contributed by atoms with E-state index in [1.807, 2.05) is 18.5 Å². The number of aromatic nitrogens is 1. The van der Waals surface area contributed by atoms with E-state index in [1.165, 1.54) is 30.5 Å². The van der Waals surface area contributed by atoms with Gasteiger partial charge in [-0.2, -0.15) is 0 Å². The Morgan fingerprint density at radius 3 is 3.00 bits per heavy atom. The van der Waals surface area contributed by atoms with Gasteiger partial charge in [0.05, 0.1) is 0 Å². The van der Waals surface area contributed by atoms with Crippen LogP contribution in [-0.2, 0) is 0 Å². The van der Waals surface area contributed by atoms with E-state index in [1.54, 1.807) is 0 Å². The van der Waals surface area contributed by atoms with E-state index in [0.717, 1.165) is 19.1 Å². The van der Waals surface area contributed by atoms with Gasteiger partial charge in [-0.3, -0.25) is 4.98 Å². The fourth-order valence-corrected chi connectivity index (χ4v) is 1.58. The highest BCUT2D eigenvalue weighted by atomic mass is 15.0. The Balaban J connectivity index is 1.62. The lowest BCUT2D eigenvalue weighted by atomic mass is 10.2. The van der Waals surface area contributed by atoms with E-state index < -0.39 is 0 Å². The molecule has 1 aromatic heterocycles. The number of rotatable bonds is 6. The smallest absolute Gasteiger partial charge is 0.0400 e. The van der Waals surface area contributed by atoms with E-state index in [9.17, 15) is 0 Å². The predicted octanol–water partition coefficient (Wildman–Crippen LogP) is 1.94. The van der Waals surface area contributed by atoms with Crippen LogP contribution in [0.4, 0.5) is 5.69 Å². The molecule has 3 heteroatoms. The Hall–Kier alpha value is -1.09. The van der Waals surface area contributed by atoms with Crippen molar-refractivity contribution in [1.82, 2.24) is 10.3 Å². The van der Waals surface area contributed by atoms with Gasteiger partial charge >= 0.3 is 0 Å². The summed E-state index contributed by atoms with van der Waals surface area (Å²) in [4.78, 5) is 4.07. The molecule has 2 N–H and O–H groups in total. The Labute approximate surface area is 91.3 Å². The highest BCUT2D eigenvalue weighted by Gasteiger charge is 2.19. The van der Waals surface area contributed by atoms with Crippen LogP contribution in [0.15, 0.2) is 18.5 Å². The molecule has 1 fully saturated rings. The Kier molecular flexibility index (Phi) is 3.56. The van der Waals surface area contributed by atoms with Crippen molar-refractivity contribution in [2.45, 2.75) is 32.2 Å². The number of anilines is 1. The van der Waals surface area contributed by atoms with E-state index in [-0.39, 0.29) is 0 Å². The lowest BCUT2D eigenvalue weighted by Gasteiger charge is -2.08. The van der Waals surface area contributed by atoms with Crippen molar-refractivity contribution >= 4 is 5.69 Å². The van der Waals surface area contributed by atoms with Crippen molar-refractivity contribution in [1.29, 1.82) is 0 Å². The van der Waals surface area contributed by atoms with Crippen LogP contribution in [0.3, 0.4) is 0 Å². The zero-order valence-electron chi connectivity index (χ0n) is 9.29. The monoisotopic (exact) mass is 205 g/mol. The predicted molar refractivity (Wildman–Crippen MR) is 63.1 cm³/mol. The van der Waals surface area contributed by atoms with Crippen LogP contribution in [0.1, 0.15) is 24.8 Å². The summed E-state index contributed by atoms with van der Waals surface area (Å²) in [5.41, 5.74) is 2.42. The third kappa shape index (κ3) is 3.51. The maximum Gasteiger partial charge on any atom is 0.0400 e. The molecule has 1 saturated carbocycles. The van der Waals surface area contributed by atoms with E-state index in [4.69, 9.17) is 0 Å². The molecule has 0 atom stereocenters. The summed E-state index contributed by atoms with van der Waals surface area (Å²) in [5.74, 6) is 0. The molecule has 1 aromatic rings. The highest BCUT2D eigenvalue weighted by Crippen LogP contribution is 2.18. The minimum atomic E-state index is 0.827. The minimum Gasteiger partial charge on any atom is -0.385 e. The molecule has 3 nitrogen and oxygen atoms in total. The second-order valence-corrected chi connectivity index (χ2v) is 4.20. The van der Waals surface area contributed by atoms with Crippen LogP contribution in [0.2, 0.25) is 0 Å². The maximum absolute atomic E-state index is 4.07. The lowest BCUT2D eigenvalue weighted by molar-refractivity contribution is 0.659. The topological polar surface area (TPSA) is 37.0 Å². The first-order valence-electron chi connectivity index (χ1n) is 5.74. The summed E-state index contributed by atoms with van der Waals surface area (Å²) < 4.78 is 0. The number of aryl methyl sites for hydroxylation is 1. The summed E-state index contributed by atoms with van der Waals surface area (Å²) in [7, 11) is 0. The van der Waals surface area contributed by atoms with Crippen molar-refractivity contribution in [2.24, 2.45) is 0 Å². The first kappa shape index (κ1) is 10.4. The van der Waals surface area contributed by atoms with Crippen LogP contribution in [0.5, 0.6) is 0 Å². The average molecular weight is 205 g/mol. The summed E-state index contributed by atoms with van der Waals surface area (Å²) in [6, 6.07) is 2.86. The Morgan fingerprint density at radius 1 is 1.40 bits per heavy atom. The zero-order chi connectivity index (χ0) is 10.5. The van der Waals surface area contributed by atoms with Gasteiger partial charge in [0.15, 0.2) is 0 Å². The molecule has 0 spiro atoms.